The van der Waals surface area contributed by atoms with Gasteiger partial charge >= 0.3 is 5.97 Å². The van der Waals surface area contributed by atoms with Crippen molar-refractivity contribution in [3.05, 3.63) is 12.4 Å². The number of aliphatic carboxylic acids is 1. The van der Waals surface area contributed by atoms with E-state index in [0.29, 0.717) is 18.3 Å². The Morgan fingerprint density at radius 1 is 1.32 bits per heavy atom. The monoisotopic (exact) mass is 262 g/mol. The molecule has 1 aliphatic heterocycles. The van der Waals surface area contributed by atoms with Gasteiger partial charge in [-0.25, -0.2) is 14.8 Å². The molecule has 0 radical (unpaired) electrons. The number of aromatic nitrogens is 2. The molecule has 1 saturated carbocycles. The van der Waals surface area contributed by atoms with E-state index in [1.807, 2.05) is 11.0 Å². The Labute approximate surface area is 111 Å². The quantitative estimate of drug-likeness (QED) is 0.856. The number of carboxylic acid groups (broad SMARTS) is 1. The first-order chi connectivity index (χ1) is 9.24. The molecule has 1 aliphatic carbocycles. The van der Waals surface area contributed by atoms with Gasteiger partial charge in [0.05, 0.1) is 0 Å². The molecule has 1 aromatic heterocycles. The van der Waals surface area contributed by atoms with Crippen LogP contribution in [0.1, 0.15) is 32.1 Å². The number of rotatable bonds is 4. The number of hydrogen-bond acceptors (Lipinski definition) is 5. The average Bonchev–Trinajstić information content (AvgIpc) is 3.23. The van der Waals surface area contributed by atoms with E-state index in [4.69, 9.17) is 0 Å². The second kappa shape index (κ2) is 5.03. The third-order valence-corrected chi connectivity index (χ3v) is 3.66. The van der Waals surface area contributed by atoms with Gasteiger partial charge in [0.2, 0.25) is 0 Å². The van der Waals surface area contributed by atoms with Gasteiger partial charge in [0.15, 0.2) is 0 Å². The molecule has 19 heavy (non-hydrogen) atoms. The average molecular weight is 262 g/mol. The molecule has 6 nitrogen and oxygen atoms in total. The number of anilines is 2. The predicted octanol–water partition coefficient (Wildman–Crippen LogP) is 1.49. The molecule has 0 spiro atoms. The minimum atomic E-state index is -0.769. The summed E-state index contributed by atoms with van der Waals surface area (Å²) in [5.74, 6) is 0.738. The highest BCUT2D eigenvalue weighted by atomic mass is 16.4. The zero-order chi connectivity index (χ0) is 13.2. The predicted molar refractivity (Wildman–Crippen MR) is 71.3 cm³/mol. The minimum Gasteiger partial charge on any atom is -0.480 e. The summed E-state index contributed by atoms with van der Waals surface area (Å²) in [6.07, 6.45) is 6.53. The van der Waals surface area contributed by atoms with Crippen molar-refractivity contribution >= 4 is 17.6 Å². The second-order valence-corrected chi connectivity index (χ2v) is 5.22. The Balaban J connectivity index is 1.80. The fraction of sp³-hybridized carbons (Fsp3) is 0.615. The first-order valence-electron chi connectivity index (χ1n) is 6.82. The van der Waals surface area contributed by atoms with Crippen molar-refractivity contribution < 1.29 is 9.90 Å². The van der Waals surface area contributed by atoms with Crippen molar-refractivity contribution in [3.8, 4) is 0 Å². The van der Waals surface area contributed by atoms with Crippen LogP contribution in [0, 0.1) is 0 Å². The highest BCUT2D eigenvalue weighted by molar-refractivity contribution is 5.78. The molecule has 102 valence electrons. The van der Waals surface area contributed by atoms with Gasteiger partial charge in [0.1, 0.15) is 24.0 Å². The third kappa shape index (κ3) is 2.77. The Bertz CT molecular complexity index is 475. The molecule has 1 atom stereocenters. The van der Waals surface area contributed by atoms with E-state index in [2.05, 4.69) is 15.3 Å². The first kappa shape index (κ1) is 12.2. The van der Waals surface area contributed by atoms with Crippen LogP contribution in [0.4, 0.5) is 11.6 Å². The van der Waals surface area contributed by atoms with E-state index < -0.39 is 12.0 Å². The summed E-state index contributed by atoms with van der Waals surface area (Å²) in [7, 11) is 0. The molecule has 2 N–H and O–H groups in total. The summed E-state index contributed by atoms with van der Waals surface area (Å²) in [5.41, 5.74) is 0. The van der Waals surface area contributed by atoms with Crippen LogP contribution < -0.4 is 10.2 Å². The van der Waals surface area contributed by atoms with Crippen LogP contribution in [0.15, 0.2) is 12.4 Å². The van der Waals surface area contributed by atoms with Crippen molar-refractivity contribution in [1.29, 1.82) is 0 Å². The number of piperidine rings is 1. The van der Waals surface area contributed by atoms with Crippen LogP contribution in [-0.4, -0.2) is 39.7 Å². The van der Waals surface area contributed by atoms with Gasteiger partial charge in [-0.15, -0.1) is 0 Å². The van der Waals surface area contributed by atoms with Crippen LogP contribution in [-0.2, 0) is 4.79 Å². The summed E-state index contributed by atoms with van der Waals surface area (Å²) in [5, 5.41) is 12.6. The number of carboxylic acids is 1. The van der Waals surface area contributed by atoms with Crippen LogP contribution in [0.25, 0.3) is 0 Å². The standard InChI is InChI=1S/C13H18N4O2/c18-13(19)10-3-1-2-6-17(10)12-7-11(14-8-15-12)16-9-4-5-9/h7-10H,1-6H2,(H,18,19)(H,14,15,16). The van der Waals surface area contributed by atoms with Gasteiger partial charge in [-0.3, -0.25) is 0 Å². The van der Waals surface area contributed by atoms with E-state index in [0.717, 1.165) is 25.2 Å². The molecule has 1 saturated heterocycles. The van der Waals surface area contributed by atoms with Crippen LogP contribution >= 0.6 is 0 Å². The van der Waals surface area contributed by atoms with Gasteiger partial charge in [-0.1, -0.05) is 0 Å². The molecule has 1 aromatic rings. The zero-order valence-corrected chi connectivity index (χ0v) is 10.7. The van der Waals surface area contributed by atoms with Gasteiger partial charge in [-0.2, -0.15) is 0 Å². The highest BCUT2D eigenvalue weighted by Crippen LogP contribution is 2.27. The lowest BCUT2D eigenvalue weighted by molar-refractivity contribution is -0.139. The molecule has 0 amide bonds. The fourth-order valence-electron chi connectivity index (χ4n) is 2.48. The van der Waals surface area contributed by atoms with Crippen molar-refractivity contribution in [2.45, 2.75) is 44.2 Å². The van der Waals surface area contributed by atoms with Crippen LogP contribution in [0.2, 0.25) is 0 Å². The van der Waals surface area contributed by atoms with E-state index in [9.17, 15) is 9.90 Å². The summed E-state index contributed by atoms with van der Waals surface area (Å²) in [4.78, 5) is 21.6. The van der Waals surface area contributed by atoms with Crippen molar-refractivity contribution in [2.75, 3.05) is 16.8 Å². The number of nitrogens with zero attached hydrogens (tertiary/aromatic N) is 3. The lowest BCUT2D eigenvalue weighted by atomic mass is 10.0. The highest BCUT2D eigenvalue weighted by Gasteiger charge is 2.30. The summed E-state index contributed by atoms with van der Waals surface area (Å²) in [6.45, 7) is 0.747. The van der Waals surface area contributed by atoms with Gasteiger partial charge in [-0.05, 0) is 32.1 Å². The fourth-order valence-corrected chi connectivity index (χ4v) is 2.48. The zero-order valence-electron chi connectivity index (χ0n) is 10.7. The molecule has 2 aliphatic rings. The lowest BCUT2D eigenvalue weighted by Gasteiger charge is -2.33. The van der Waals surface area contributed by atoms with Crippen molar-refractivity contribution in [1.82, 2.24) is 9.97 Å². The third-order valence-electron chi connectivity index (χ3n) is 3.66. The molecule has 1 unspecified atom stereocenters. The maximum atomic E-state index is 11.3. The van der Waals surface area contributed by atoms with Crippen LogP contribution in [0.3, 0.4) is 0 Å². The van der Waals surface area contributed by atoms with E-state index in [1.54, 1.807) is 0 Å². The summed E-state index contributed by atoms with van der Waals surface area (Å²) in [6, 6.07) is 1.93. The molecule has 0 bridgehead atoms. The topological polar surface area (TPSA) is 78.4 Å². The van der Waals surface area contributed by atoms with Gasteiger partial charge in [0.25, 0.3) is 0 Å². The van der Waals surface area contributed by atoms with E-state index in [-0.39, 0.29) is 0 Å². The van der Waals surface area contributed by atoms with Crippen molar-refractivity contribution in [3.63, 3.8) is 0 Å². The van der Waals surface area contributed by atoms with E-state index in [1.165, 1.54) is 19.2 Å². The minimum absolute atomic E-state index is 0.461. The van der Waals surface area contributed by atoms with Crippen molar-refractivity contribution in [2.24, 2.45) is 0 Å². The maximum absolute atomic E-state index is 11.3. The largest absolute Gasteiger partial charge is 0.480 e. The van der Waals surface area contributed by atoms with Gasteiger partial charge < -0.3 is 15.3 Å². The summed E-state index contributed by atoms with van der Waals surface area (Å²) < 4.78 is 0. The second-order valence-electron chi connectivity index (χ2n) is 5.22. The molecular weight excluding hydrogens is 244 g/mol. The van der Waals surface area contributed by atoms with E-state index >= 15 is 0 Å². The summed E-state index contributed by atoms with van der Waals surface area (Å²) >= 11 is 0. The Kier molecular flexibility index (Phi) is 3.23. The lowest BCUT2D eigenvalue weighted by Crippen LogP contribution is -2.45. The first-order valence-corrected chi connectivity index (χ1v) is 6.82. The van der Waals surface area contributed by atoms with Crippen LogP contribution in [0.5, 0.6) is 0 Å². The molecule has 2 fully saturated rings. The Hall–Kier alpha value is -1.85. The molecule has 2 heterocycles. The molecule has 6 heteroatoms. The molecular formula is C13H18N4O2. The smallest absolute Gasteiger partial charge is 0.326 e. The number of hydrogen-bond donors (Lipinski definition) is 2. The normalized spacial score (nSPS) is 23.2. The number of nitrogens with one attached hydrogen (secondary N) is 1. The number of carbonyl (C=O) groups is 1. The Morgan fingerprint density at radius 2 is 2.16 bits per heavy atom. The van der Waals surface area contributed by atoms with Gasteiger partial charge in [0, 0.05) is 18.7 Å². The molecule has 0 aromatic carbocycles. The SMILES string of the molecule is O=C(O)C1CCCCN1c1cc(NC2CC2)ncn1. The Morgan fingerprint density at radius 3 is 2.89 bits per heavy atom. The maximum Gasteiger partial charge on any atom is 0.326 e. The molecule has 3 rings (SSSR count).